The van der Waals surface area contributed by atoms with Crippen LogP contribution in [0.2, 0.25) is 0 Å². The average Bonchev–Trinajstić information content (AvgIpc) is 3.18. The van der Waals surface area contributed by atoms with Gasteiger partial charge >= 0.3 is 18.2 Å². The molecule has 0 spiro atoms. The topological polar surface area (TPSA) is 73.1 Å². The minimum Gasteiger partial charge on any atom is -0.329 e. The summed E-state index contributed by atoms with van der Waals surface area (Å²) >= 11 is 0. The summed E-state index contributed by atoms with van der Waals surface area (Å²) in [7, 11) is -2.02. The van der Waals surface area contributed by atoms with Crippen LogP contribution >= 0.6 is 0 Å². The first-order valence-electron chi connectivity index (χ1n) is 8.05. The van der Waals surface area contributed by atoms with Crippen molar-refractivity contribution in [2.24, 2.45) is 0 Å². The minimum atomic E-state index is -4.80. The number of carbonyl (C=O) groups is 1. The number of aromatic nitrogens is 2. The van der Waals surface area contributed by atoms with Gasteiger partial charge in [-0.3, -0.25) is 9.00 Å². The van der Waals surface area contributed by atoms with Gasteiger partial charge in [0.15, 0.2) is 5.78 Å². The van der Waals surface area contributed by atoms with Gasteiger partial charge in [-0.2, -0.15) is 31.3 Å². The summed E-state index contributed by atoms with van der Waals surface area (Å²) in [5.74, 6) is -3.05. The average molecular weight is 448 g/mol. The van der Waals surface area contributed by atoms with Gasteiger partial charge in [-0.1, -0.05) is 35.5 Å². The van der Waals surface area contributed by atoms with Gasteiger partial charge in [0.25, 0.3) is 0 Å². The lowest BCUT2D eigenvalue weighted by Gasteiger charge is -2.08. The number of hydrogen-bond acceptors (Lipinski definition) is 5. The van der Waals surface area contributed by atoms with Crippen LogP contribution in [-0.4, -0.2) is 25.9 Å². The molecule has 1 heterocycles. The van der Waals surface area contributed by atoms with Crippen LogP contribution in [0.3, 0.4) is 0 Å². The predicted molar refractivity (Wildman–Crippen MR) is 91.8 cm³/mol. The summed E-state index contributed by atoms with van der Waals surface area (Å²) in [5.41, 5.74) is -0.771. The van der Waals surface area contributed by atoms with Crippen molar-refractivity contribution in [1.82, 2.24) is 10.1 Å². The summed E-state index contributed by atoms with van der Waals surface area (Å²) in [6, 6.07) is 8.89. The number of rotatable bonds is 5. The van der Waals surface area contributed by atoms with Crippen molar-refractivity contribution in [1.29, 1.82) is 0 Å². The molecule has 0 fully saturated rings. The van der Waals surface area contributed by atoms with E-state index in [2.05, 4.69) is 14.7 Å². The fourth-order valence-electron chi connectivity index (χ4n) is 2.36. The smallest absolute Gasteiger partial charge is 0.329 e. The third-order valence-electron chi connectivity index (χ3n) is 3.82. The Morgan fingerprint density at radius 2 is 1.63 bits per heavy atom. The van der Waals surface area contributed by atoms with Crippen LogP contribution in [0.5, 0.6) is 0 Å². The molecule has 1 unspecified atom stereocenters. The second-order valence-corrected chi connectivity index (χ2v) is 7.39. The number of carbonyl (C=O) groups excluding carboxylic acids is 1. The summed E-state index contributed by atoms with van der Waals surface area (Å²) in [6.07, 6.45) is -9.41. The Kier molecular flexibility index (Phi) is 5.79. The Labute approximate surface area is 167 Å². The minimum absolute atomic E-state index is 0.0682. The molecule has 0 aliphatic carbocycles. The number of hydrogen-bond donors (Lipinski definition) is 0. The Morgan fingerprint density at radius 3 is 2.20 bits per heavy atom. The molecule has 1 aromatic heterocycles. The van der Waals surface area contributed by atoms with E-state index in [1.54, 1.807) is 0 Å². The quantitative estimate of drug-likeness (QED) is 0.416. The van der Waals surface area contributed by atoms with Gasteiger partial charge in [-0.05, 0) is 18.2 Å². The zero-order valence-corrected chi connectivity index (χ0v) is 15.4. The molecule has 0 aliphatic rings. The van der Waals surface area contributed by atoms with E-state index in [0.717, 1.165) is 12.1 Å². The number of ketones is 1. The standard InChI is InChI=1S/C18H10F6N2O3S/c19-17(20,21)12-2-1-3-13(8-12)30(28)9-14(27)10-4-6-11(7-5-10)15-25-16(29-26-15)18(22,23)24/h1-8H,9H2. The maximum Gasteiger partial charge on any atom is 0.471 e. The van der Waals surface area contributed by atoms with Crippen molar-refractivity contribution >= 4 is 16.6 Å². The molecule has 0 amide bonds. The Bertz CT molecular complexity index is 1090. The van der Waals surface area contributed by atoms with Gasteiger partial charge in [0, 0.05) is 16.0 Å². The molecule has 30 heavy (non-hydrogen) atoms. The van der Waals surface area contributed by atoms with E-state index in [9.17, 15) is 35.3 Å². The lowest BCUT2D eigenvalue weighted by molar-refractivity contribution is -0.159. The summed E-state index contributed by atoms with van der Waals surface area (Å²) < 4.78 is 92.2. The third kappa shape index (κ3) is 4.93. The van der Waals surface area contributed by atoms with Crippen molar-refractivity contribution in [3.05, 3.63) is 65.5 Å². The van der Waals surface area contributed by atoms with Gasteiger partial charge in [-0.15, -0.1) is 0 Å². The van der Waals surface area contributed by atoms with E-state index in [0.29, 0.717) is 6.07 Å². The summed E-state index contributed by atoms with van der Waals surface area (Å²) in [6.45, 7) is 0. The van der Waals surface area contributed by atoms with Crippen molar-refractivity contribution < 1.29 is 39.9 Å². The molecule has 0 saturated carbocycles. The van der Waals surface area contributed by atoms with E-state index in [1.165, 1.54) is 30.3 Å². The van der Waals surface area contributed by atoms with Crippen LogP contribution < -0.4 is 0 Å². The van der Waals surface area contributed by atoms with E-state index in [-0.39, 0.29) is 21.8 Å². The van der Waals surface area contributed by atoms with Gasteiger partial charge < -0.3 is 4.52 Å². The molecule has 5 nitrogen and oxygen atoms in total. The highest BCUT2D eigenvalue weighted by Gasteiger charge is 2.38. The molecule has 1 atom stereocenters. The van der Waals surface area contributed by atoms with Crippen molar-refractivity contribution in [3.8, 4) is 11.4 Å². The first-order valence-corrected chi connectivity index (χ1v) is 9.37. The molecular formula is C18H10F6N2O3S. The van der Waals surface area contributed by atoms with E-state index in [1.807, 2.05) is 0 Å². The van der Waals surface area contributed by atoms with Crippen LogP contribution in [0.4, 0.5) is 26.3 Å². The molecule has 3 rings (SSSR count). The highest BCUT2D eigenvalue weighted by atomic mass is 32.2. The molecule has 12 heteroatoms. The predicted octanol–water partition coefficient (Wildman–Crippen LogP) is 4.76. The third-order valence-corrected chi connectivity index (χ3v) is 5.12. The molecule has 0 saturated heterocycles. The van der Waals surface area contributed by atoms with Crippen molar-refractivity contribution in [3.63, 3.8) is 0 Å². The largest absolute Gasteiger partial charge is 0.471 e. The molecule has 3 aromatic rings. The number of halogens is 6. The van der Waals surface area contributed by atoms with Gasteiger partial charge in [-0.25, -0.2) is 0 Å². The van der Waals surface area contributed by atoms with Crippen LogP contribution in [0, 0.1) is 0 Å². The number of alkyl halides is 6. The Balaban J connectivity index is 1.72. The molecule has 0 bridgehead atoms. The zero-order chi connectivity index (χ0) is 22.1. The molecule has 158 valence electrons. The monoisotopic (exact) mass is 448 g/mol. The SMILES string of the molecule is O=C(CS(=O)c1cccc(C(F)(F)F)c1)c1ccc(-c2noc(C(F)(F)F)n2)cc1. The zero-order valence-electron chi connectivity index (χ0n) is 14.6. The maximum atomic E-state index is 12.8. The fourth-order valence-corrected chi connectivity index (χ4v) is 3.42. The second-order valence-electron chi connectivity index (χ2n) is 5.94. The first-order chi connectivity index (χ1) is 13.9. The van der Waals surface area contributed by atoms with Gasteiger partial charge in [0.2, 0.25) is 5.82 Å². The lowest BCUT2D eigenvalue weighted by atomic mass is 10.1. The fraction of sp³-hybridized carbons (Fsp3) is 0.167. The summed E-state index contributed by atoms with van der Waals surface area (Å²) in [4.78, 5) is 15.3. The number of benzene rings is 2. The van der Waals surface area contributed by atoms with Gasteiger partial charge in [0.1, 0.15) is 0 Å². The second kappa shape index (κ2) is 8.01. The van der Waals surface area contributed by atoms with Crippen LogP contribution in [0.25, 0.3) is 11.4 Å². The Hall–Kier alpha value is -3.02. The van der Waals surface area contributed by atoms with Gasteiger partial charge in [0.05, 0.1) is 22.1 Å². The summed E-state index contributed by atoms with van der Waals surface area (Å²) in [5, 5.41) is 3.21. The number of Topliss-reactive ketones (excluding diaryl/α,β-unsaturated/α-hetero) is 1. The normalized spacial score (nSPS) is 13.3. The van der Waals surface area contributed by atoms with Crippen LogP contribution in [-0.2, 0) is 23.2 Å². The highest BCUT2D eigenvalue weighted by molar-refractivity contribution is 7.85. The number of nitrogens with zero attached hydrogens (tertiary/aromatic N) is 2. The van der Waals surface area contributed by atoms with Crippen molar-refractivity contribution in [2.75, 3.05) is 5.75 Å². The van der Waals surface area contributed by atoms with E-state index < -0.39 is 46.1 Å². The molecule has 0 N–H and O–H groups in total. The van der Waals surface area contributed by atoms with Crippen molar-refractivity contribution in [2.45, 2.75) is 17.2 Å². The Morgan fingerprint density at radius 1 is 0.967 bits per heavy atom. The van der Waals surface area contributed by atoms with E-state index in [4.69, 9.17) is 0 Å². The lowest BCUT2D eigenvalue weighted by Crippen LogP contribution is -2.12. The molecule has 0 aliphatic heterocycles. The molecular weight excluding hydrogens is 438 g/mol. The maximum absolute atomic E-state index is 12.8. The van der Waals surface area contributed by atoms with Crippen LogP contribution in [0.1, 0.15) is 21.8 Å². The first kappa shape index (κ1) is 21.7. The van der Waals surface area contributed by atoms with E-state index >= 15 is 0 Å². The molecule has 0 radical (unpaired) electrons. The van der Waals surface area contributed by atoms with Crippen LogP contribution in [0.15, 0.2) is 57.9 Å². The highest BCUT2D eigenvalue weighted by Crippen LogP contribution is 2.31. The molecule has 2 aromatic carbocycles.